The lowest BCUT2D eigenvalue weighted by Crippen LogP contribution is -2.42. The third-order valence-corrected chi connectivity index (χ3v) is 6.18. The summed E-state index contributed by atoms with van der Waals surface area (Å²) in [5.74, 6) is -0.397. The molecule has 2 aromatic carbocycles. The first-order valence-corrected chi connectivity index (χ1v) is 9.28. The summed E-state index contributed by atoms with van der Waals surface area (Å²) in [6.07, 6.45) is 0. The summed E-state index contributed by atoms with van der Waals surface area (Å²) in [7, 11) is -3.95. The Morgan fingerprint density at radius 2 is 1.96 bits per heavy atom. The minimum atomic E-state index is -3.95. The van der Waals surface area contributed by atoms with Crippen molar-refractivity contribution in [2.24, 2.45) is 0 Å². The van der Waals surface area contributed by atoms with Gasteiger partial charge in [-0.25, -0.2) is 8.42 Å². The monoisotopic (exact) mass is 414 g/mol. The van der Waals surface area contributed by atoms with Crippen LogP contribution in [0, 0.1) is 6.92 Å². The molecule has 0 bridgehead atoms. The molecular formula is C15H12BrClN2O3S. The highest BCUT2D eigenvalue weighted by Crippen LogP contribution is 2.37. The minimum Gasteiger partial charge on any atom is -0.323 e. The van der Waals surface area contributed by atoms with Crippen LogP contribution in [0.15, 0.2) is 45.8 Å². The molecule has 1 aliphatic rings. The van der Waals surface area contributed by atoms with Gasteiger partial charge in [0, 0.05) is 4.47 Å². The molecule has 3 rings (SSSR count). The second-order valence-corrected chi connectivity index (χ2v) is 8.31. The third kappa shape index (κ3) is 2.96. The van der Waals surface area contributed by atoms with Crippen molar-refractivity contribution in [2.45, 2.75) is 11.8 Å². The molecule has 0 radical (unpaired) electrons. The fourth-order valence-corrected chi connectivity index (χ4v) is 4.73. The zero-order valence-electron chi connectivity index (χ0n) is 12.0. The van der Waals surface area contributed by atoms with Crippen molar-refractivity contribution >= 4 is 54.8 Å². The molecule has 120 valence electrons. The van der Waals surface area contributed by atoms with Crippen molar-refractivity contribution in [2.75, 3.05) is 16.2 Å². The number of amides is 1. The van der Waals surface area contributed by atoms with Gasteiger partial charge in [-0.05, 0) is 42.8 Å². The number of halogens is 2. The van der Waals surface area contributed by atoms with E-state index in [4.69, 9.17) is 11.6 Å². The van der Waals surface area contributed by atoms with Crippen LogP contribution in [0.4, 0.5) is 11.4 Å². The molecule has 1 aliphatic heterocycles. The van der Waals surface area contributed by atoms with E-state index < -0.39 is 15.9 Å². The molecule has 1 N–H and O–H groups in total. The highest BCUT2D eigenvalue weighted by molar-refractivity contribution is 9.10. The summed E-state index contributed by atoms with van der Waals surface area (Å²) in [5.41, 5.74) is 1.69. The minimum absolute atomic E-state index is 0.0228. The largest absolute Gasteiger partial charge is 0.323 e. The van der Waals surface area contributed by atoms with Crippen molar-refractivity contribution in [1.29, 1.82) is 0 Å². The lowest BCUT2D eigenvalue weighted by molar-refractivity contribution is -0.115. The van der Waals surface area contributed by atoms with E-state index in [1.165, 1.54) is 6.07 Å². The molecule has 0 fully saturated rings. The molecular weight excluding hydrogens is 404 g/mol. The molecule has 2 aromatic rings. The van der Waals surface area contributed by atoms with Crippen LogP contribution in [-0.4, -0.2) is 20.9 Å². The molecule has 0 spiro atoms. The lowest BCUT2D eigenvalue weighted by atomic mass is 10.2. The Morgan fingerprint density at radius 1 is 1.22 bits per heavy atom. The summed E-state index contributed by atoms with van der Waals surface area (Å²) in [6, 6.07) is 9.74. The number of sulfonamides is 1. The van der Waals surface area contributed by atoms with Gasteiger partial charge in [0.25, 0.3) is 10.0 Å². The van der Waals surface area contributed by atoms with Crippen molar-refractivity contribution in [3.05, 3.63) is 51.5 Å². The molecule has 0 saturated heterocycles. The van der Waals surface area contributed by atoms with E-state index in [1.54, 1.807) is 30.3 Å². The van der Waals surface area contributed by atoms with Crippen molar-refractivity contribution < 1.29 is 13.2 Å². The highest BCUT2D eigenvalue weighted by atomic mass is 79.9. The second kappa shape index (κ2) is 5.81. The van der Waals surface area contributed by atoms with Crippen LogP contribution in [0.2, 0.25) is 5.02 Å². The Labute approximate surface area is 147 Å². The number of fused-ring (bicyclic) bond motifs is 1. The van der Waals surface area contributed by atoms with Gasteiger partial charge in [-0.15, -0.1) is 0 Å². The second-order valence-electron chi connectivity index (χ2n) is 5.16. The average Bonchev–Trinajstić information content (AvgIpc) is 2.46. The van der Waals surface area contributed by atoms with Gasteiger partial charge >= 0.3 is 0 Å². The highest BCUT2D eigenvalue weighted by Gasteiger charge is 2.33. The normalized spacial score (nSPS) is 14.4. The summed E-state index contributed by atoms with van der Waals surface area (Å²) in [5, 5.41) is 2.80. The van der Waals surface area contributed by atoms with Crippen LogP contribution in [0.3, 0.4) is 0 Å². The molecule has 0 saturated carbocycles. The van der Waals surface area contributed by atoms with Crippen LogP contribution < -0.4 is 9.62 Å². The molecule has 0 aromatic heterocycles. The number of carbonyl (C=O) groups excluding carboxylic acids is 1. The maximum absolute atomic E-state index is 13.0. The molecule has 8 heteroatoms. The van der Waals surface area contributed by atoms with Gasteiger partial charge in [0.1, 0.15) is 11.4 Å². The van der Waals surface area contributed by atoms with Crippen LogP contribution in [0.1, 0.15) is 5.56 Å². The molecule has 0 unspecified atom stereocenters. The van der Waals surface area contributed by atoms with Gasteiger partial charge in [0.15, 0.2) is 0 Å². The molecule has 0 atom stereocenters. The van der Waals surface area contributed by atoms with E-state index in [-0.39, 0.29) is 16.5 Å². The SMILES string of the molecule is Cc1ccc(S(=O)(=O)N2CC(=O)Nc3ccc(Br)cc32)c(Cl)c1. The quantitative estimate of drug-likeness (QED) is 0.815. The lowest BCUT2D eigenvalue weighted by Gasteiger charge is -2.30. The van der Waals surface area contributed by atoms with Gasteiger partial charge in [-0.1, -0.05) is 33.6 Å². The fraction of sp³-hybridized carbons (Fsp3) is 0.133. The number of anilines is 2. The van der Waals surface area contributed by atoms with E-state index in [1.807, 2.05) is 6.92 Å². The summed E-state index contributed by atoms with van der Waals surface area (Å²) >= 11 is 9.43. The van der Waals surface area contributed by atoms with E-state index in [9.17, 15) is 13.2 Å². The standard InChI is InChI=1S/C15H12BrClN2O3S/c1-9-2-5-14(11(17)6-9)23(21,22)19-8-15(20)18-12-4-3-10(16)7-13(12)19/h2-7H,8H2,1H3,(H,18,20). The number of hydrogen-bond donors (Lipinski definition) is 1. The Hall–Kier alpha value is -1.57. The van der Waals surface area contributed by atoms with Gasteiger partial charge in [0.05, 0.1) is 16.4 Å². The molecule has 1 amide bonds. The number of benzene rings is 2. The van der Waals surface area contributed by atoms with Crippen LogP contribution in [0.25, 0.3) is 0 Å². The molecule has 0 aliphatic carbocycles. The number of hydrogen-bond acceptors (Lipinski definition) is 3. The average molecular weight is 416 g/mol. The summed E-state index contributed by atoms with van der Waals surface area (Å²) in [4.78, 5) is 11.9. The molecule has 1 heterocycles. The van der Waals surface area contributed by atoms with E-state index in [0.29, 0.717) is 15.8 Å². The molecule has 5 nitrogen and oxygen atoms in total. The maximum Gasteiger partial charge on any atom is 0.266 e. The zero-order valence-corrected chi connectivity index (χ0v) is 15.2. The number of aryl methyl sites for hydroxylation is 1. The topological polar surface area (TPSA) is 66.5 Å². The third-order valence-electron chi connectivity index (χ3n) is 3.45. The first-order valence-electron chi connectivity index (χ1n) is 6.67. The first kappa shape index (κ1) is 16.3. The predicted molar refractivity (Wildman–Crippen MR) is 93.5 cm³/mol. The Morgan fingerprint density at radius 3 is 2.65 bits per heavy atom. The van der Waals surface area contributed by atoms with Gasteiger partial charge in [0.2, 0.25) is 5.91 Å². The fourth-order valence-electron chi connectivity index (χ4n) is 2.37. The Balaban J connectivity index is 2.17. The number of carbonyl (C=O) groups is 1. The summed E-state index contributed by atoms with van der Waals surface area (Å²) in [6.45, 7) is 1.53. The van der Waals surface area contributed by atoms with Crippen LogP contribution >= 0.6 is 27.5 Å². The predicted octanol–water partition coefficient (Wildman–Crippen LogP) is 3.56. The number of rotatable bonds is 2. The number of nitrogens with one attached hydrogen (secondary N) is 1. The van der Waals surface area contributed by atoms with Crippen molar-refractivity contribution in [1.82, 2.24) is 0 Å². The van der Waals surface area contributed by atoms with E-state index >= 15 is 0 Å². The van der Waals surface area contributed by atoms with Gasteiger partial charge in [-0.2, -0.15) is 0 Å². The van der Waals surface area contributed by atoms with Crippen LogP contribution in [-0.2, 0) is 14.8 Å². The smallest absolute Gasteiger partial charge is 0.266 e. The van der Waals surface area contributed by atoms with E-state index in [2.05, 4.69) is 21.2 Å². The zero-order chi connectivity index (χ0) is 16.8. The van der Waals surface area contributed by atoms with Crippen molar-refractivity contribution in [3.63, 3.8) is 0 Å². The molecule has 23 heavy (non-hydrogen) atoms. The maximum atomic E-state index is 13.0. The summed E-state index contributed by atoms with van der Waals surface area (Å²) < 4.78 is 27.8. The first-order chi connectivity index (χ1) is 10.8. The van der Waals surface area contributed by atoms with Crippen molar-refractivity contribution in [3.8, 4) is 0 Å². The van der Waals surface area contributed by atoms with Gasteiger partial charge in [-0.3, -0.25) is 9.10 Å². The van der Waals surface area contributed by atoms with Crippen LogP contribution in [0.5, 0.6) is 0 Å². The van der Waals surface area contributed by atoms with E-state index in [0.717, 1.165) is 9.87 Å². The Bertz CT molecular complexity index is 915. The Kier molecular flexibility index (Phi) is 4.12. The van der Waals surface area contributed by atoms with Gasteiger partial charge < -0.3 is 5.32 Å². The number of nitrogens with zero attached hydrogens (tertiary/aromatic N) is 1.